The minimum atomic E-state index is -3.58. The normalized spacial score (nSPS) is 11.1. The molecule has 1 aromatic carbocycles. The lowest BCUT2D eigenvalue weighted by molar-refractivity contribution is 0.0697. The lowest BCUT2D eigenvalue weighted by Crippen LogP contribution is -2.07. The minimum absolute atomic E-state index is 0.0436. The van der Waals surface area contributed by atoms with Gasteiger partial charge in [-0.3, -0.25) is 4.98 Å². The van der Waals surface area contributed by atoms with Crippen molar-refractivity contribution in [1.29, 1.82) is 0 Å². The summed E-state index contributed by atoms with van der Waals surface area (Å²) in [5.74, 6) is -1.03. The number of carbonyl (C=O) groups is 1. The third-order valence-electron chi connectivity index (χ3n) is 3.49. The summed E-state index contributed by atoms with van der Waals surface area (Å²) in [4.78, 5) is 23.6. The van der Waals surface area contributed by atoms with Crippen LogP contribution in [0.1, 0.15) is 10.4 Å². The Balaban J connectivity index is 2.03. The second kappa shape index (κ2) is 6.89. The number of aromatic nitrogens is 3. The van der Waals surface area contributed by atoms with Crippen LogP contribution in [0.4, 0.5) is 11.6 Å². The Labute approximate surface area is 149 Å². The van der Waals surface area contributed by atoms with Crippen molar-refractivity contribution in [2.45, 2.75) is 4.90 Å². The van der Waals surface area contributed by atoms with E-state index in [4.69, 9.17) is 5.11 Å². The Hall–Kier alpha value is -3.33. The van der Waals surface area contributed by atoms with Crippen molar-refractivity contribution >= 4 is 27.4 Å². The minimum Gasteiger partial charge on any atom is -0.478 e. The highest BCUT2D eigenvalue weighted by Gasteiger charge is 2.17. The van der Waals surface area contributed by atoms with E-state index in [1.165, 1.54) is 24.4 Å². The van der Waals surface area contributed by atoms with Crippen LogP contribution in [0.2, 0.25) is 0 Å². The summed E-state index contributed by atoms with van der Waals surface area (Å²) >= 11 is 0. The fourth-order valence-electron chi connectivity index (χ4n) is 2.30. The van der Waals surface area contributed by atoms with Crippen LogP contribution in [0.3, 0.4) is 0 Å². The Kier molecular flexibility index (Phi) is 4.63. The summed E-state index contributed by atoms with van der Waals surface area (Å²) in [5.41, 5.74) is 1.39. The fraction of sp³-hybridized carbons (Fsp3) is 0.0588. The first-order chi connectivity index (χ1) is 12.3. The fourth-order valence-corrected chi connectivity index (χ4v) is 3.12. The van der Waals surface area contributed by atoms with E-state index in [-0.39, 0.29) is 22.1 Å². The molecule has 2 N–H and O–H groups in total. The van der Waals surface area contributed by atoms with Gasteiger partial charge in [0, 0.05) is 30.4 Å². The number of hydrogen-bond donors (Lipinski definition) is 2. The number of sulfone groups is 1. The van der Waals surface area contributed by atoms with Gasteiger partial charge in [0.05, 0.1) is 21.8 Å². The number of benzene rings is 1. The van der Waals surface area contributed by atoms with Gasteiger partial charge in [-0.15, -0.1) is 0 Å². The van der Waals surface area contributed by atoms with Crippen molar-refractivity contribution in [3.63, 3.8) is 0 Å². The van der Waals surface area contributed by atoms with Gasteiger partial charge in [0.25, 0.3) is 0 Å². The van der Waals surface area contributed by atoms with Gasteiger partial charge in [0.15, 0.2) is 9.84 Å². The number of carboxylic acid groups (broad SMARTS) is 1. The lowest BCUT2D eigenvalue weighted by atomic mass is 10.2. The second-order valence-corrected chi connectivity index (χ2v) is 7.40. The van der Waals surface area contributed by atoms with E-state index in [2.05, 4.69) is 20.3 Å². The zero-order valence-corrected chi connectivity index (χ0v) is 14.4. The molecule has 0 bridgehead atoms. The summed E-state index contributed by atoms with van der Waals surface area (Å²) < 4.78 is 24.0. The van der Waals surface area contributed by atoms with Gasteiger partial charge in [0.1, 0.15) is 0 Å². The Morgan fingerprint density at radius 3 is 2.62 bits per heavy atom. The van der Waals surface area contributed by atoms with E-state index in [1.54, 1.807) is 24.5 Å². The third-order valence-corrected chi connectivity index (χ3v) is 4.64. The zero-order chi connectivity index (χ0) is 18.7. The van der Waals surface area contributed by atoms with Gasteiger partial charge < -0.3 is 10.4 Å². The molecule has 0 atom stereocenters. The first-order valence-corrected chi connectivity index (χ1v) is 9.31. The molecule has 0 amide bonds. The molecular weight excluding hydrogens is 356 g/mol. The molecule has 0 aliphatic heterocycles. The smallest absolute Gasteiger partial charge is 0.335 e. The van der Waals surface area contributed by atoms with Crippen LogP contribution in [0.15, 0.2) is 59.9 Å². The van der Waals surface area contributed by atoms with Crippen LogP contribution in [0.25, 0.3) is 11.3 Å². The predicted octanol–water partition coefficient (Wildman–Crippen LogP) is 2.38. The second-order valence-electron chi connectivity index (χ2n) is 5.42. The van der Waals surface area contributed by atoms with Gasteiger partial charge in [-0.2, -0.15) is 0 Å². The Bertz CT molecular complexity index is 1070. The van der Waals surface area contributed by atoms with E-state index < -0.39 is 15.8 Å². The van der Waals surface area contributed by atoms with Gasteiger partial charge in [-0.05, 0) is 36.4 Å². The molecule has 8 nitrogen and oxygen atoms in total. The van der Waals surface area contributed by atoms with Gasteiger partial charge in [-0.1, -0.05) is 0 Å². The number of hydrogen-bond acceptors (Lipinski definition) is 7. The van der Waals surface area contributed by atoms with Gasteiger partial charge in [0.2, 0.25) is 5.95 Å². The average molecular weight is 370 g/mol. The molecule has 2 aromatic heterocycles. The number of rotatable bonds is 5. The first kappa shape index (κ1) is 17.5. The summed E-state index contributed by atoms with van der Waals surface area (Å²) in [6, 6.07) is 8.99. The van der Waals surface area contributed by atoms with E-state index >= 15 is 0 Å². The molecule has 132 valence electrons. The molecule has 0 aliphatic rings. The average Bonchev–Trinajstić information content (AvgIpc) is 2.61. The number of nitrogens with one attached hydrogen (secondary N) is 1. The molecule has 0 radical (unpaired) electrons. The van der Waals surface area contributed by atoms with Crippen molar-refractivity contribution in [3.8, 4) is 11.3 Å². The van der Waals surface area contributed by atoms with E-state index in [1.807, 2.05) is 6.07 Å². The monoisotopic (exact) mass is 370 g/mol. The van der Waals surface area contributed by atoms with Crippen molar-refractivity contribution in [2.24, 2.45) is 0 Å². The molecule has 3 rings (SSSR count). The molecule has 0 aliphatic carbocycles. The van der Waals surface area contributed by atoms with Crippen molar-refractivity contribution in [3.05, 3.63) is 60.6 Å². The SMILES string of the molecule is CS(=O)(=O)c1ccc(C(=O)O)cc1Nc1nccc(-c2cccnc2)n1. The summed E-state index contributed by atoms with van der Waals surface area (Å²) in [5, 5.41) is 11.9. The molecule has 0 saturated carbocycles. The standard InChI is InChI=1S/C17H14N4O4S/c1-26(24,25)15-5-4-11(16(22)23)9-14(15)21-17-19-8-6-13(20-17)12-3-2-7-18-10-12/h2-10H,1H3,(H,22,23)(H,19,20,21). The van der Waals surface area contributed by atoms with Crippen LogP contribution in [0, 0.1) is 0 Å². The largest absolute Gasteiger partial charge is 0.478 e. The van der Waals surface area contributed by atoms with Crippen molar-refractivity contribution in [1.82, 2.24) is 15.0 Å². The molecule has 0 saturated heterocycles. The van der Waals surface area contributed by atoms with Crippen LogP contribution < -0.4 is 5.32 Å². The van der Waals surface area contributed by atoms with Crippen molar-refractivity contribution < 1.29 is 18.3 Å². The summed E-state index contributed by atoms with van der Waals surface area (Å²) in [6.07, 6.45) is 5.83. The molecule has 3 aromatic rings. The first-order valence-electron chi connectivity index (χ1n) is 7.42. The molecule has 9 heteroatoms. The maximum atomic E-state index is 12.0. The predicted molar refractivity (Wildman–Crippen MR) is 95.1 cm³/mol. The summed E-state index contributed by atoms with van der Waals surface area (Å²) in [7, 11) is -3.58. The topological polar surface area (TPSA) is 122 Å². The molecule has 26 heavy (non-hydrogen) atoms. The van der Waals surface area contributed by atoms with Gasteiger partial charge >= 0.3 is 5.97 Å². The molecule has 0 spiro atoms. The number of aromatic carboxylic acids is 1. The lowest BCUT2D eigenvalue weighted by Gasteiger charge is -2.11. The van der Waals surface area contributed by atoms with Crippen molar-refractivity contribution in [2.75, 3.05) is 11.6 Å². The number of pyridine rings is 1. The van der Waals surface area contributed by atoms with Crippen LogP contribution in [0.5, 0.6) is 0 Å². The number of nitrogens with zero attached hydrogens (tertiary/aromatic N) is 3. The molecular formula is C17H14N4O4S. The Morgan fingerprint density at radius 2 is 1.96 bits per heavy atom. The molecule has 0 fully saturated rings. The van der Waals surface area contributed by atoms with E-state index in [0.717, 1.165) is 11.8 Å². The zero-order valence-electron chi connectivity index (χ0n) is 13.6. The Morgan fingerprint density at radius 1 is 1.15 bits per heavy atom. The molecule has 0 unspecified atom stereocenters. The highest BCUT2D eigenvalue weighted by atomic mass is 32.2. The summed E-state index contributed by atoms with van der Waals surface area (Å²) in [6.45, 7) is 0. The quantitative estimate of drug-likeness (QED) is 0.702. The highest BCUT2D eigenvalue weighted by Crippen LogP contribution is 2.26. The molecule has 2 heterocycles. The van der Waals surface area contributed by atoms with E-state index in [0.29, 0.717) is 5.69 Å². The number of carboxylic acids is 1. The highest BCUT2D eigenvalue weighted by molar-refractivity contribution is 7.90. The maximum absolute atomic E-state index is 12.0. The number of anilines is 2. The maximum Gasteiger partial charge on any atom is 0.335 e. The van der Waals surface area contributed by atoms with Crippen LogP contribution in [-0.2, 0) is 9.84 Å². The van der Waals surface area contributed by atoms with Crippen LogP contribution >= 0.6 is 0 Å². The third kappa shape index (κ3) is 3.83. The van der Waals surface area contributed by atoms with Crippen LogP contribution in [-0.4, -0.2) is 40.7 Å². The van der Waals surface area contributed by atoms with Gasteiger partial charge in [-0.25, -0.2) is 23.2 Å². The van der Waals surface area contributed by atoms with E-state index in [9.17, 15) is 13.2 Å².